The lowest BCUT2D eigenvalue weighted by molar-refractivity contribution is 1.07. The number of rotatable bonds is 1. The van der Waals surface area contributed by atoms with Gasteiger partial charge in [0.05, 0.1) is 0 Å². The molecule has 0 fully saturated rings. The minimum absolute atomic E-state index is 0.455. The minimum Gasteiger partial charge on any atom is -0.326 e. The van der Waals surface area contributed by atoms with E-state index < -0.39 is 0 Å². The molecular weight excluding hydrogens is 181 g/mol. The molecule has 1 nitrogen and oxygen atoms in total. The first kappa shape index (κ1) is 8.85. The Balaban J connectivity index is 3.25. The van der Waals surface area contributed by atoms with Gasteiger partial charge >= 0.3 is 0 Å². The number of benzene rings is 1. The van der Waals surface area contributed by atoms with E-state index in [1.165, 1.54) is 0 Å². The highest BCUT2D eigenvalue weighted by molar-refractivity contribution is 6.36. The summed E-state index contributed by atoms with van der Waals surface area (Å²) in [5.41, 5.74) is 7.28. The second-order valence-electron chi connectivity index (χ2n) is 2.35. The van der Waals surface area contributed by atoms with E-state index in [1.807, 2.05) is 19.1 Å². The van der Waals surface area contributed by atoms with Crippen LogP contribution in [0.15, 0.2) is 12.1 Å². The zero-order valence-corrected chi connectivity index (χ0v) is 7.71. The highest BCUT2D eigenvalue weighted by Crippen LogP contribution is 2.26. The van der Waals surface area contributed by atoms with Crippen LogP contribution in [0.1, 0.15) is 11.1 Å². The van der Waals surface area contributed by atoms with Gasteiger partial charge in [-0.2, -0.15) is 0 Å². The van der Waals surface area contributed by atoms with Gasteiger partial charge in [0.15, 0.2) is 0 Å². The minimum atomic E-state index is 0.455. The molecule has 60 valence electrons. The Bertz CT molecular complexity index is 271. The third kappa shape index (κ3) is 1.67. The second kappa shape index (κ2) is 3.44. The number of hydrogen-bond donors (Lipinski definition) is 1. The van der Waals surface area contributed by atoms with E-state index in [0.29, 0.717) is 16.6 Å². The van der Waals surface area contributed by atoms with Crippen molar-refractivity contribution >= 4 is 23.2 Å². The third-order valence-electron chi connectivity index (χ3n) is 1.62. The summed E-state index contributed by atoms with van der Waals surface area (Å²) in [5.74, 6) is 0. The van der Waals surface area contributed by atoms with Crippen LogP contribution >= 0.6 is 23.2 Å². The van der Waals surface area contributed by atoms with Crippen molar-refractivity contribution in [2.45, 2.75) is 13.5 Å². The van der Waals surface area contributed by atoms with Crippen LogP contribution in [0.2, 0.25) is 10.0 Å². The van der Waals surface area contributed by atoms with Gasteiger partial charge in [-0.3, -0.25) is 0 Å². The van der Waals surface area contributed by atoms with E-state index in [-0.39, 0.29) is 0 Å². The Morgan fingerprint density at radius 2 is 2.00 bits per heavy atom. The largest absolute Gasteiger partial charge is 0.326 e. The molecule has 0 radical (unpaired) electrons. The summed E-state index contributed by atoms with van der Waals surface area (Å²) in [6.07, 6.45) is 0. The summed E-state index contributed by atoms with van der Waals surface area (Å²) in [5, 5.41) is 1.37. The molecule has 0 aliphatic carbocycles. The molecule has 0 aromatic heterocycles. The van der Waals surface area contributed by atoms with Gasteiger partial charge in [0.25, 0.3) is 0 Å². The van der Waals surface area contributed by atoms with Crippen LogP contribution in [-0.2, 0) is 6.54 Å². The molecule has 3 heteroatoms. The van der Waals surface area contributed by atoms with Crippen LogP contribution < -0.4 is 5.73 Å². The van der Waals surface area contributed by atoms with Gasteiger partial charge in [0, 0.05) is 16.6 Å². The van der Waals surface area contributed by atoms with Gasteiger partial charge in [0.1, 0.15) is 0 Å². The van der Waals surface area contributed by atoms with E-state index in [2.05, 4.69) is 0 Å². The average molecular weight is 190 g/mol. The topological polar surface area (TPSA) is 26.0 Å². The highest BCUT2D eigenvalue weighted by Gasteiger charge is 2.04. The van der Waals surface area contributed by atoms with E-state index >= 15 is 0 Å². The fourth-order valence-corrected chi connectivity index (χ4v) is 1.32. The quantitative estimate of drug-likeness (QED) is 0.723. The third-order valence-corrected chi connectivity index (χ3v) is 2.56. The fraction of sp³-hybridized carbons (Fsp3) is 0.250. The Morgan fingerprint density at radius 3 is 2.55 bits per heavy atom. The maximum atomic E-state index is 5.93. The number of nitrogens with two attached hydrogens (primary N) is 1. The van der Waals surface area contributed by atoms with Gasteiger partial charge in [0.2, 0.25) is 0 Å². The maximum absolute atomic E-state index is 5.93. The normalized spacial score (nSPS) is 10.2. The summed E-state index contributed by atoms with van der Waals surface area (Å²) < 4.78 is 0. The van der Waals surface area contributed by atoms with Gasteiger partial charge in [-0.25, -0.2) is 0 Å². The van der Waals surface area contributed by atoms with E-state index in [4.69, 9.17) is 28.9 Å². The summed E-state index contributed by atoms with van der Waals surface area (Å²) in [6.45, 7) is 2.33. The average Bonchev–Trinajstić information content (AvgIpc) is 2.01. The Labute approximate surface area is 76.1 Å². The molecule has 0 bridgehead atoms. The molecule has 0 unspecified atom stereocenters. The maximum Gasteiger partial charge on any atom is 0.0494 e. The van der Waals surface area contributed by atoms with Crippen molar-refractivity contribution < 1.29 is 0 Å². The zero-order chi connectivity index (χ0) is 8.43. The van der Waals surface area contributed by atoms with Crippen LogP contribution in [0.25, 0.3) is 0 Å². The summed E-state index contributed by atoms with van der Waals surface area (Å²) in [4.78, 5) is 0. The molecule has 0 aliphatic rings. The molecular formula is C8H9Cl2N. The molecule has 0 atom stereocenters. The molecule has 1 aromatic carbocycles. The van der Waals surface area contributed by atoms with Crippen molar-refractivity contribution in [3.63, 3.8) is 0 Å². The zero-order valence-electron chi connectivity index (χ0n) is 6.20. The molecule has 2 N–H and O–H groups in total. The van der Waals surface area contributed by atoms with Crippen molar-refractivity contribution in [2.75, 3.05) is 0 Å². The van der Waals surface area contributed by atoms with Crippen LogP contribution in [-0.4, -0.2) is 0 Å². The van der Waals surface area contributed by atoms with Crippen LogP contribution in [0, 0.1) is 6.92 Å². The van der Waals surface area contributed by atoms with Gasteiger partial charge in [-0.1, -0.05) is 29.3 Å². The van der Waals surface area contributed by atoms with Crippen molar-refractivity contribution in [1.82, 2.24) is 0 Å². The predicted molar refractivity (Wildman–Crippen MR) is 49.1 cm³/mol. The molecule has 0 saturated heterocycles. The summed E-state index contributed by atoms with van der Waals surface area (Å²) in [6, 6.07) is 3.66. The monoisotopic (exact) mass is 189 g/mol. The summed E-state index contributed by atoms with van der Waals surface area (Å²) >= 11 is 11.8. The van der Waals surface area contributed by atoms with E-state index in [9.17, 15) is 0 Å². The standard InChI is InChI=1S/C8H9Cl2N/c1-5-7(9)3-2-6(4-11)8(5)10/h2-3H,4,11H2,1H3. The van der Waals surface area contributed by atoms with Crippen molar-refractivity contribution in [1.29, 1.82) is 0 Å². The van der Waals surface area contributed by atoms with Crippen molar-refractivity contribution in [3.05, 3.63) is 33.3 Å². The lowest BCUT2D eigenvalue weighted by Crippen LogP contribution is -1.98. The van der Waals surface area contributed by atoms with E-state index in [0.717, 1.165) is 11.1 Å². The summed E-state index contributed by atoms with van der Waals surface area (Å²) in [7, 11) is 0. The van der Waals surface area contributed by atoms with Crippen molar-refractivity contribution in [3.8, 4) is 0 Å². The second-order valence-corrected chi connectivity index (χ2v) is 3.13. The van der Waals surface area contributed by atoms with Crippen molar-refractivity contribution in [2.24, 2.45) is 5.73 Å². The first-order valence-electron chi connectivity index (χ1n) is 3.30. The predicted octanol–water partition coefficient (Wildman–Crippen LogP) is 2.76. The number of hydrogen-bond acceptors (Lipinski definition) is 1. The molecule has 11 heavy (non-hydrogen) atoms. The SMILES string of the molecule is Cc1c(Cl)ccc(CN)c1Cl. The van der Waals surface area contributed by atoms with Crippen LogP contribution in [0.5, 0.6) is 0 Å². The first-order valence-corrected chi connectivity index (χ1v) is 4.06. The van der Waals surface area contributed by atoms with Gasteiger partial charge in [-0.15, -0.1) is 0 Å². The molecule has 0 aliphatic heterocycles. The lowest BCUT2D eigenvalue weighted by atomic mass is 10.1. The molecule has 1 aromatic rings. The van der Waals surface area contributed by atoms with Gasteiger partial charge in [-0.05, 0) is 24.1 Å². The lowest BCUT2D eigenvalue weighted by Gasteiger charge is -2.05. The van der Waals surface area contributed by atoms with Crippen LogP contribution in [0.4, 0.5) is 0 Å². The fourth-order valence-electron chi connectivity index (χ4n) is 0.875. The Kier molecular flexibility index (Phi) is 2.77. The Morgan fingerprint density at radius 1 is 1.36 bits per heavy atom. The molecule has 0 amide bonds. The van der Waals surface area contributed by atoms with Gasteiger partial charge < -0.3 is 5.73 Å². The Hall–Kier alpha value is -0.240. The molecule has 0 heterocycles. The van der Waals surface area contributed by atoms with E-state index in [1.54, 1.807) is 0 Å². The van der Waals surface area contributed by atoms with Crippen LogP contribution in [0.3, 0.4) is 0 Å². The first-order chi connectivity index (χ1) is 5.16. The smallest absolute Gasteiger partial charge is 0.0494 e. The highest BCUT2D eigenvalue weighted by atomic mass is 35.5. The molecule has 0 saturated carbocycles. The molecule has 0 spiro atoms. The number of halogens is 2. The molecule has 1 rings (SSSR count).